The van der Waals surface area contributed by atoms with Crippen molar-refractivity contribution in [2.45, 2.75) is 17.7 Å². The van der Waals surface area contributed by atoms with Gasteiger partial charge in [-0.3, -0.25) is 5.41 Å². The fourth-order valence-electron chi connectivity index (χ4n) is 1.25. The van der Waals surface area contributed by atoms with Crippen molar-refractivity contribution < 1.29 is 0 Å². The first-order chi connectivity index (χ1) is 8.72. The molecule has 96 valence electrons. The first-order valence-corrected chi connectivity index (χ1v) is 6.65. The van der Waals surface area contributed by atoms with Gasteiger partial charge in [-0.1, -0.05) is 18.2 Å². The van der Waals surface area contributed by atoms with Crippen molar-refractivity contribution >= 4 is 23.9 Å². The van der Waals surface area contributed by atoms with Crippen LogP contribution < -0.4 is 11.2 Å². The van der Waals surface area contributed by atoms with Crippen LogP contribution in [-0.2, 0) is 6.42 Å². The van der Waals surface area contributed by atoms with E-state index in [2.05, 4.69) is 41.4 Å². The molecule has 4 nitrogen and oxygen atoms in total. The number of nitrogens with one attached hydrogen (secondary N) is 2. The normalized spacial score (nSPS) is 10.4. The van der Waals surface area contributed by atoms with Crippen LogP contribution >= 0.6 is 11.8 Å². The van der Waals surface area contributed by atoms with Crippen molar-refractivity contribution in [3.8, 4) is 0 Å². The summed E-state index contributed by atoms with van der Waals surface area (Å²) in [5.41, 5.74) is 8.65. The molecule has 0 aromatic heterocycles. The number of hydrogen-bond acceptors (Lipinski definition) is 3. The monoisotopic (exact) mass is 262 g/mol. The largest absolute Gasteiger partial charge is 0.369 e. The summed E-state index contributed by atoms with van der Waals surface area (Å²) in [6.07, 6.45) is 5.37. The van der Waals surface area contributed by atoms with Gasteiger partial charge in [-0.05, 0) is 24.1 Å². The second-order valence-corrected chi connectivity index (χ2v) is 4.78. The summed E-state index contributed by atoms with van der Waals surface area (Å²) in [5, 5.41) is 10.7. The Morgan fingerprint density at radius 1 is 1.44 bits per heavy atom. The predicted octanol–water partition coefficient (Wildman–Crippen LogP) is 2.37. The van der Waals surface area contributed by atoms with Gasteiger partial charge >= 0.3 is 0 Å². The van der Waals surface area contributed by atoms with E-state index >= 15 is 0 Å². The molecule has 4 N–H and O–H groups in total. The number of rotatable bonds is 7. The van der Waals surface area contributed by atoms with Crippen LogP contribution in [0.5, 0.6) is 0 Å². The third kappa shape index (κ3) is 6.10. The minimum absolute atomic E-state index is 0.153. The molecule has 0 fully saturated rings. The standard InChI is InChI=1S/C13H18N4S/c1-2-3-10-18-12-6-4-11(5-7-12)8-9-16-17-13(14)15/h2,4-7,9H,1,3,8,10H2,(H4,14,15,17). The van der Waals surface area contributed by atoms with Crippen molar-refractivity contribution in [1.29, 1.82) is 5.41 Å². The lowest BCUT2D eigenvalue weighted by molar-refractivity contribution is 0.994. The number of thioether (sulfide) groups is 1. The number of benzene rings is 1. The van der Waals surface area contributed by atoms with E-state index in [4.69, 9.17) is 11.1 Å². The maximum Gasteiger partial charge on any atom is 0.206 e. The highest BCUT2D eigenvalue weighted by molar-refractivity contribution is 7.99. The van der Waals surface area contributed by atoms with Gasteiger partial charge in [0.1, 0.15) is 0 Å². The predicted molar refractivity (Wildman–Crippen MR) is 79.2 cm³/mol. The Morgan fingerprint density at radius 3 is 2.78 bits per heavy atom. The average Bonchev–Trinajstić information content (AvgIpc) is 2.36. The molecule has 0 saturated heterocycles. The number of hydrogen-bond donors (Lipinski definition) is 3. The third-order valence-corrected chi connectivity index (χ3v) is 3.16. The van der Waals surface area contributed by atoms with Crippen LogP contribution in [0.25, 0.3) is 0 Å². The number of guanidine groups is 1. The molecule has 0 unspecified atom stereocenters. The Kier molecular flexibility index (Phi) is 6.64. The van der Waals surface area contributed by atoms with Crippen molar-refractivity contribution in [2.24, 2.45) is 10.8 Å². The van der Waals surface area contributed by atoms with Crippen LogP contribution in [0.4, 0.5) is 0 Å². The molecule has 0 bridgehead atoms. The van der Waals surface area contributed by atoms with Gasteiger partial charge in [-0.15, -0.1) is 18.3 Å². The van der Waals surface area contributed by atoms with E-state index in [-0.39, 0.29) is 5.96 Å². The Balaban J connectivity index is 2.37. The minimum Gasteiger partial charge on any atom is -0.369 e. The summed E-state index contributed by atoms with van der Waals surface area (Å²) < 4.78 is 0. The van der Waals surface area contributed by atoms with Crippen LogP contribution in [0, 0.1) is 5.41 Å². The fraction of sp³-hybridized carbons (Fsp3) is 0.231. The van der Waals surface area contributed by atoms with Gasteiger partial charge in [0.15, 0.2) is 0 Å². The number of hydrazone groups is 1. The van der Waals surface area contributed by atoms with Gasteiger partial charge in [-0.25, -0.2) is 5.43 Å². The van der Waals surface area contributed by atoms with Gasteiger partial charge in [-0.2, -0.15) is 5.10 Å². The Hall–Kier alpha value is -1.75. The molecule has 0 saturated carbocycles. The maximum atomic E-state index is 6.93. The molecule has 0 atom stereocenters. The van der Waals surface area contributed by atoms with E-state index in [9.17, 15) is 0 Å². The fourth-order valence-corrected chi connectivity index (χ4v) is 2.10. The molecule has 0 aliphatic carbocycles. The zero-order valence-corrected chi connectivity index (χ0v) is 11.0. The molecule has 0 spiro atoms. The summed E-state index contributed by atoms with van der Waals surface area (Å²) in [5.74, 6) is 0.910. The molecule has 0 radical (unpaired) electrons. The highest BCUT2D eigenvalue weighted by Crippen LogP contribution is 2.19. The molecule has 1 aromatic rings. The lowest BCUT2D eigenvalue weighted by atomic mass is 10.2. The van der Waals surface area contributed by atoms with Crippen molar-refractivity contribution in [1.82, 2.24) is 5.43 Å². The van der Waals surface area contributed by atoms with Gasteiger partial charge in [0.05, 0.1) is 0 Å². The molecule has 18 heavy (non-hydrogen) atoms. The van der Waals surface area contributed by atoms with Crippen LogP contribution in [0.2, 0.25) is 0 Å². The van der Waals surface area contributed by atoms with Crippen LogP contribution in [0.15, 0.2) is 46.9 Å². The minimum atomic E-state index is -0.153. The Labute approximate surface area is 112 Å². The molecule has 1 rings (SSSR count). The molecule has 5 heteroatoms. The molecular weight excluding hydrogens is 244 g/mol. The first-order valence-electron chi connectivity index (χ1n) is 5.66. The molecule has 1 aromatic carbocycles. The Bertz CT molecular complexity index is 412. The quantitative estimate of drug-likeness (QED) is 0.176. The third-order valence-electron chi connectivity index (χ3n) is 2.12. The summed E-state index contributed by atoms with van der Waals surface area (Å²) in [4.78, 5) is 1.26. The van der Waals surface area contributed by atoms with Gasteiger partial charge in [0.25, 0.3) is 0 Å². The first kappa shape index (κ1) is 14.3. The highest BCUT2D eigenvalue weighted by atomic mass is 32.2. The van der Waals surface area contributed by atoms with E-state index in [1.54, 1.807) is 6.21 Å². The zero-order chi connectivity index (χ0) is 13.2. The van der Waals surface area contributed by atoms with Crippen LogP contribution in [0.3, 0.4) is 0 Å². The summed E-state index contributed by atoms with van der Waals surface area (Å²) >= 11 is 1.82. The van der Waals surface area contributed by atoms with Crippen molar-refractivity contribution in [3.63, 3.8) is 0 Å². The average molecular weight is 262 g/mol. The molecule has 0 aliphatic heterocycles. The maximum absolute atomic E-state index is 6.93. The van der Waals surface area contributed by atoms with Crippen LogP contribution in [-0.4, -0.2) is 17.9 Å². The Morgan fingerprint density at radius 2 is 2.17 bits per heavy atom. The van der Waals surface area contributed by atoms with E-state index in [0.29, 0.717) is 0 Å². The van der Waals surface area contributed by atoms with Crippen LogP contribution in [0.1, 0.15) is 12.0 Å². The molecular formula is C13H18N4S. The highest BCUT2D eigenvalue weighted by Gasteiger charge is 1.94. The second-order valence-electron chi connectivity index (χ2n) is 3.61. The molecule has 0 heterocycles. The van der Waals surface area contributed by atoms with Crippen molar-refractivity contribution in [2.75, 3.05) is 5.75 Å². The summed E-state index contributed by atoms with van der Waals surface area (Å²) in [6.45, 7) is 3.70. The lowest BCUT2D eigenvalue weighted by Gasteiger charge is -2.01. The summed E-state index contributed by atoms with van der Waals surface area (Å²) in [7, 11) is 0. The topological polar surface area (TPSA) is 74.3 Å². The molecule has 0 amide bonds. The summed E-state index contributed by atoms with van der Waals surface area (Å²) in [6, 6.07) is 8.37. The van der Waals surface area contributed by atoms with E-state index < -0.39 is 0 Å². The number of allylic oxidation sites excluding steroid dienone is 1. The van der Waals surface area contributed by atoms with Gasteiger partial charge in [0, 0.05) is 23.3 Å². The molecule has 0 aliphatic rings. The van der Waals surface area contributed by atoms with Gasteiger partial charge < -0.3 is 5.73 Å². The van der Waals surface area contributed by atoms with E-state index in [1.807, 2.05) is 17.8 Å². The van der Waals surface area contributed by atoms with Crippen molar-refractivity contribution in [3.05, 3.63) is 42.5 Å². The number of nitrogens with zero attached hydrogens (tertiary/aromatic N) is 1. The van der Waals surface area contributed by atoms with E-state index in [0.717, 1.165) is 18.6 Å². The zero-order valence-electron chi connectivity index (χ0n) is 10.2. The van der Waals surface area contributed by atoms with Gasteiger partial charge in [0.2, 0.25) is 5.96 Å². The second kappa shape index (κ2) is 8.36. The van der Waals surface area contributed by atoms with E-state index in [1.165, 1.54) is 10.5 Å². The SMILES string of the molecule is C=CCCSc1ccc(CC=NNC(=N)N)cc1. The smallest absolute Gasteiger partial charge is 0.206 e. The lowest BCUT2D eigenvalue weighted by Crippen LogP contribution is -2.25. The number of nitrogens with two attached hydrogens (primary N) is 1.